The Labute approximate surface area is 138 Å². The molecule has 0 aliphatic heterocycles. The summed E-state index contributed by atoms with van der Waals surface area (Å²) >= 11 is 0. The average Bonchev–Trinajstić information content (AvgIpc) is 2.85. The quantitative estimate of drug-likeness (QED) is 0.555. The van der Waals surface area contributed by atoms with Crippen LogP contribution in [0.15, 0.2) is 42.5 Å². The van der Waals surface area contributed by atoms with Gasteiger partial charge >= 0.3 is 5.69 Å². The van der Waals surface area contributed by atoms with Crippen LogP contribution in [0.25, 0.3) is 10.8 Å². The van der Waals surface area contributed by atoms with Gasteiger partial charge in [-0.3, -0.25) is 10.1 Å². The van der Waals surface area contributed by atoms with E-state index in [0.29, 0.717) is 5.69 Å². The molecule has 0 spiro atoms. The summed E-state index contributed by atoms with van der Waals surface area (Å²) < 4.78 is 1.42. The number of hydrogen-bond acceptors (Lipinski definition) is 5. The van der Waals surface area contributed by atoms with Crippen molar-refractivity contribution in [3.05, 3.63) is 63.8 Å². The van der Waals surface area contributed by atoms with Crippen molar-refractivity contribution < 1.29 is 10.0 Å². The van der Waals surface area contributed by atoms with Crippen LogP contribution in [-0.4, -0.2) is 26.4 Å². The van der Waals surface area contributed by atoms with Gasteiger partial charge in [-0.1, -0.05) is 36.4 Å². The third-order valence-corrected chi connectivity index (χ3v) is 3.99. The number of aliphatic hydroxyl groups is 1. The molecule has 24 heavy (non-hydrogen) atoms. The van der Waals surface area contributed by atoms with Gasteiger partial charge in [0.25, 0.3) is 0 Å². The fraction of sp³-hybridized carbons (Fsp3) is 0.235. The highest BCUT2D eigenvalue weighted by Gasteiger charge is 2.24. The number of nitrogens with zero attached hydrogens (tertiary/aromatic N) is 3. The fourth-order valence-corrected chi connectivity index (χ4v) is 2.79. The van der Waals surface area contributed by atoms with Gasteiger partial charge in [0.15, 0.2) is 0 Å². The molecular formula is C17H18N4O3. The molecule has 1 heterocycles. The van der Waals surface area contributed by atoms with Gasteiger partial charge in [0.05, 0.1) is 11.0 Å². The number of rotatable bonds is 5. The molecule has 124 valence electrons. The first kappa shape index (κ1) is 15.9. The topological polar surface area (TPSA) is 93.2 Å². The van der Waals surface area contributed by atoms with Crippen LogP contribution in [0.2, 0.25) is 0 Å². The van der Waals surface area contributed by atoms with Crippen molar-refractivity contribution in [1.82, 2.24) is 9.78 Å². The number of aliphatic hydroxyl groups excluding tert-OH is 1. The molecule has 0 saturated carbocycles. The van der Waals surface area contributed by atoms with E-state index in [9.17, 15) is 15.2 Å². The monoisotopic (exact) mass is 326 g/mol. The zero-order valence-corrected chi connectivity index (χ0v) is 13.4. The first-order valence-electron chi connectivity index (χ1n) is 7.56. The van der Waals surface area contributed by atoms with E-state index in [2.05, 4.69) is 10.4 Å². The lowest BCUT2D eigenvalue weighted by atomic mass is 10.0. The maximum absolute atomic E-state index is 11.2. The van der Waals surface area contributed by atoms with Gasteiger partial charge in [0.2, 0.25) is 5.82 Å². The van der Waals surface area contributed by atoms with Crippen molar-refractivity contribution in [2.75, 3.05) is 11.9 Å². The molecule has 0 bridgehead atoms. The maximum Gasteiger partial charge on any atom is 0.333 e. The van der Waals surface area contributed by atoms with Gasteiger partial charge < -0.3 is 10.4 Å². The fourth-order valence-electron chi connectivity index (χ4n) is 2.79. The average molecular weight is 326 g/mol. The lowest BCUT2D eigenvalue weighted by molar-refractivity contribution is -0.384. The van der Waals surface area contributed by atoms with Crippen molar-refractivity contribution in [2.24, 2.45) is 7.05 Å². The lowest BCUT2D eigenvalue weighted by Crippen LogP contribution is -2.15. The number of fused-ring (bicyclic) bond motifs is 1. The Morgan fingerprint density at radius 2 is 2.00 bits per heavy atom. The third-order valence-electron chi connectivity index (χ3n) is 3.99. The first-order valence-corrected chi connectivity index (χ1v) is 7.56. The highest BCUT2D eigenvalue weighted by molar-refractivity contribution is 5.83. The number of benzene rings is 2. The molecule has 0 aliphatic carbocycles. The minimum atomic E-state index is -0.788. The summed E-state index contributed by atoms with van der Waals surface area (Å²) in [6, 6.07) is 13.6. The summed E-state index contributed by atoms with van der Waals surface area (Å²) in [7, 11) is 1.63. The highest BCUT2D eigenvalue weighted by Crippen LogP contribution is 2.28. The summed E-state index contributed by atoms with van der Waals surface area (Å²) in [5.41, 5.74) is 1.02. The second-order valence-electron chi connectivity index (χ2n) is 5.67. The SMILES string of the molecule is Cc1nn(C)c(NCC(O)c2ccc3ccccc3c2)c1[N+](=O)[O-]. The summed E-state index contributed by atoms with van der Waals surface area (Å²) in [5.74, 6) is 0.289. The van der Waals surface area contributed by atoms with E-state index in [1.165, 1.54) is 4.68 Å². The molecular weight excluding hydrogens is 308 g/mol. The molecule has 3 aromatic rings. The second kappa shape index (κ2) is 6.29. The normalized spacial score (nSPS) is 12.3. The first-order chi connectivity index (χ1) is 11.5. The standard InChI is InChI=1S/C17H18N4O3/c1-11-16(21(23)24)17(20(2)19-11)18-10-15(22)14-8-7-12-5-3-4-6-13(12)9-14/h3-9,15,18,22H,10H2,1-2H3. The third kappa shape index (κ3) is 2.93. The van der Waals surface area contributed by atoms with E-state index in [4.69, 9.17) is 0 Å². The molecule has 0 radical (unpaired) electrons. The van der Waals surface area contributed by atoms with E-state index in [1.54, 1.807) is 14.0 Å². The Bertz CT molecular complexity index is 904. The van der Waals surface area contributed by atoms with Crippen LogP contribution in [0.1, 0.15) is 17.4 Å². The van der Waals surface area contributed by atoms with E-state index >= 15 is 0 Å². The largest absolute Gasteiger partial charge is 0.387 e. The summed E-state index contributed by atoms with van der Waals surface area (Å²) in [5, 5.41) is 30.7. The van der Waals surface area contributed by atoms with Crippen LogP contribution in [0.4, 0.5) is 11.5 Å². The lowest BCUT2D eigenvalue weighted by Gasteiger charge is -2.13. The zero-order chi connectivity index (χ0) is 17.3. The minimum absolute atomic E-state index is 0.0665. The molecule has 0 amide bonds. The van der Waals surface area contributed by atoms with E-state index in [-0.39, 0.29) is 18.1 Å². The van der Waals surface area contributed by atoms with Crippen LogP contribution in [0, 0.1) is 17.0 Å². The Kier molecular flexibility index (Phi) is 4.18. The summed E-state index contributed by atoms with van der Waals surface area (Å²) in [6.07, 6.45) is -0.788. The van der Waals surface area contributed by atoms with Gasteiger partial charge in [-0.05, 0) is 29.3 Å². The van der Waals surface area contributed by atoms with Gasteiger partial charge in [0.1, 0.15) is 5.69 Å². The van der Waals surface area contributed by atoms with Crippen molar-refractivity contribution in [3.63, 3.8) is 0 Å². The number of nitro groups is 1. The van der Waals surface area contributed by atoms with E-state index in [1.807, 2.05) is 42.5 Å². The van der Waals surface area contributed by atoms with Crippen molar-refractivity contribution in [3.8, 4) is 0 Å². The maximum atomic E-state index is 11.2. The summed E-state index contributed by atoms with van der Waals surface area (Å²) in [4.78, 5) is 10.7. The predicted molar refractivity (Wildman–Crippen MR) is 92.0 cm³/mol. The number of aromatic nitrogens is 2. The number of anilines is 1. The van der Waals surface area contributed by atoms with Crippen LogP contribution < -0.4 is 5.32 Å². The van der Waals surface area contributed by atoms with Crippen LogP contribution in [0.3, 0.4) is 0 Å². The predicted octanol–water partition coefficient (Wildman–Crippen LogP) is 2.94. The van der Waals surface area contributed by atoms with Gasteiger partial charge in [-0.15, -0.1) is 0 Å². The smallest absolute Gasteiger partial charge is 0.333 e. The molecule has 7 nitrogen and oxygen atoms in total. The molecule has 0 aliphatic rings. The highest BCUT2D eigenvalue weighted by atomic mass is 16.6. The zero-order valence-electron chi connectivity index (χ0n) is 13.4. The van der Waals surface area contributed by atoms with Crippen LogP contribution in [0.5, 0.6) is 0 Å². The number of hydrogen-bond donors (Lipinski definition) is 2. The number of aryl methyl sites for hydroxylation is 2. The van der Waals surface area contributed by atoms with E-state index < -0.39 is 11.0 Å². The van der Waals surface area contributed by atoms with Crippen molar-refractivity contribution in [1.29, 1.82) is 0 Å². The molecule has 2 N–H and O–H groups in total. The number of nitrogens with one attached hydrogen (secondary N) is 1. The minimum Gasteiger partial charge on any atom is -0.387 e. The van der Waals surface area contributed by atoms with Gasteiger partial charge in [-0.25, -0.2) is 4.68 Å². The van der Waals surface area contributed by atoms with Gasteiger partial charge in [-0.2, -0.15) is 5.10 Å². The molecule has 1 unspecified atom stereocenters. The Hall–Kier alpha value is -2.93. The van der Waals surface area contributed by atoms with Crippen molar-refractivity contribution >= 4 is 22.3 Å². The molecule has 7 heteroatoms. The Morgan fingerprint density at radius 3 is 2.71 bits per heavy atom. The molecule has 1 atom stereocenters. The second-order valence-corrected chi connectivity index (χ2v) is 5.67. The molecule has 3 rings (SSSR count). The molecule has 2 aromatic carbocycles. The summed E-state index contributed by atoms with van der Waals surface area (Å²) in [6.45, 7) is 1.74. The van der Waals surface area contributed by atoms with E-state index in [0.717, 1.165) is 16.3 Å². The van der Waals surface area contributed by atoms with Crippen LogP contribution >= 0.6 is 0 Å². The molecule has 0 saturated heterocycles. The Balaban J connectivity index is 1.80. The molecule has 0 fully saturated rings. The molecule has 1 aromatic heterocycles. The van der Waals surface area contributed by atoms with Crippen molar-refractivity contribution in [2.45, 2.75) is 13.0 Å². The Morgan fingerprint density at radius 1 is 1.29 bits per heavy atom. The van der Waals surface area contributed by atoms with Gasteiger partial charge in [0, 0.05) is 13.6 Å². The van der Waals surface area contributed by atoms with Crippen LogP contribution in [-0.2, 0) is 7.05 Å².